The molecule has 7 heteroatoms. The number of fused-ring (bicyclic) bond motifs is 1. The Morgan fingerprint density at radius 1 is 1.32 bits per heavy atom. The van der Waals surface area contributed by atoms with E-state index in [1.54, 1.807) is 11.3 Å². The highest BCUT2D eigenvalue weighted by molar-refractivity contribution is 7.09. The third-order valence-electron chi connectivity index (χ3n) is 4.98. The van der Waals surface area contributed by atoms with Crippen molar-refractivity contribution in [1.29, 1.82) is 0 Å². The Hall–Kier alpha value is -1.83. The van der Waals surface area contributed by atoms with Crippen molar-refractivity contribution in [3.63, 3.8) is 0 Å². The van der Waals surface area contributed by atoms with Crippen LogP contribution in [0.4, 0.5) is 0 Å². The van der Waals surface area contributed by atoms with Gasteiger partial charge in [0.25, 0.3) is 0 Å². The molecule has 1 fully saturated rings. The minimum Gasteiger partial charge on any atom is -0.301 e. The van der Waals surface area contributed by atoms with Crippen LogP contribution in [-0.4, -0.2) is 55.8 Å². The van der Waals surface area contributed by atoms with Gasteiger partial charge in [-0.1, -0.05) is 0 Å². The maximum atomic E-state index is 4.44. The van der Waals surface area contributed by atoms with Crippen molar-refractivity contribution in [2.75, 3.05) is 26.7 Å². The van der Waals surface area contributed by atoms with E-state index in [0.29, 0.717) is 0 Å². The Morgan fingerprint density at radius 3 is 3.08 bits per heavy atom. The molecule has 1 saturated heterocycles. The number of likely N-dealkylation sites (tertiary alicyclic amines) is 1. The van der Waals surface area contributed by atoms with Gasteiger partial charge in [0.2, 0.25) is 0 Å². The first-order valence-electron chi connectivity index (χ1n) is 8.75. The predicted molar refractivity (Wildman–Crippen MR) is 99.6 cm³/mol. The van der Waals surface area contributed by atoms with Crippen LogP contribution in [0, 0.1) is 12.8 Å². The third kappa shape index (κ3) is 3.73. The molecule has 3 aromatic heterocycles. The zero-order chi connectivity index (χ0) is 17.2. The smallest absolute Gasteiger partial charge is 0.155 e. The quantitative estimate of drug-likeness (QED) is 0.679. The summed E-state index contributed by atoms with van der Waals surface area (Å²) < 4.78 is 2.14. The predicted octanol–water partition coefficient (Wildman–Crippen LogP) is 2.45. The molecule has 4 heterocycles. The molecular formula is C18H24N6S. The normalized spacial score (nSPS) is 18.6. The zero-order valence-corrected chi connectivity index (χ0v) is 15.6. The number of hydrogen-bond donors (Lipinski definition) is 0. The second kappa shape index (κ2) is 7.19. The average molecular weight is 356 g/mol. The standard InChI is InChI=1S/C18H24N6S/c1-14-17(25-13-21-14)12-22(2)9-15-3-5-23(10-15)11-16-7-20-18-8-19-4-6-24(16)18/h4,6-8,13,15H,3,5,9-12H2,1-2H3/t15-/m1/s1. The SMILES string of the molecule is Cc1ncsc1CN(C)C[C@H]1CCN(Cc2cnc3cnccn23)C1. The Morgan fingerprint density at radius 2 is 2.24 bits per heavy atom. The lowest BCUT2D eigenvalue weighted by molar-refractivity contribution is 0.254. The van der Waals surface area contributed by atoms with E-state index in [1.165, 1.54) is 22.7 Å². The van der Waals surface area contributed by atoms with Crippen LogP contribution in [0.1, 0.15) is 22.7 Å². The number of aryl methyl sites for hydroxylation is 1. The van der Waals surface area contributed by atoms with Crippen molar-refractivity contribution in [2.24, 2.45) is 5.92 Å². The van der Waals surface area contributed by atoms with Gasteiger partial charge < -0.3 is 4.90 Å². The first kappa shape index (κ1) is 16.6. The van der Waals surface area contributed by atoms with Crippen molar-refractivity contribution < 1.29 is 0 Å². The highest BCUT2D eigenvalue weighted by atomic mass is 32.1. The van der Waals surface area contributed by atoms with Crippen molar-refractivity contribution >= 4 is 17.0 Å². The molecule has 0 saturated carbocycles. The molecule has 1 aliphatic heterocycles. The number of rotatable bonds is 6. The van der Waals surface area contributed by atoms with Gasteiger partial charge >= 0.3 is 0 Å². The summed E-state index contributed by atoms with van der Waals surface area (Å²) in [6.07, 6.45) is 8.87. The number of hydrogen-bond acceptors (Lipinski definition) is 6. The Bertz CT molecular complexity index is 841. The molecule has 1 atom stereocenters. The molecule has 0 radical (unpaired) electrons. The second-order valence-electron chi connectivity index (χ2n) is 7.00. The van der Waals surface area contributed by atoms with Crippen LogP contribution in [-0.2, 0) is 13.1 Å². The lowest BCUT2D eigenvalue weighted by Gasteiger charge is -2.21. The van der Waals surface area contributed by atoms with Gasteiger partial charge in [-0.3, -0.25) is 14.3 Å². The summed E-state index contributed by atoms with van der Waals surface area (Å²) in [5.41, 5.74) is 5.29. The summed E-state index contributed by atoms with van der Waals surface area (Å²) >= 11 is 1.76. The summed E-state index contributed by atoms with van der Waals surface area (Å²) in [7, 11) is 2.22. The lowest BCUT2D eigenvalue weighted by atomic mass is 10.1. The van der Waals surface area contributed by atoms with E-state index in [4.69, 9.17) is 0 Å². The van der Waals surface area contributed by atoms with Gasteiger partial charge in [-0.15, -0.1) is 11.3 Å². The van der Waals surface area contributed by atoms with Crippen LogP contribution in [0.2, 0.25) is 0 Å². The summed E-state index contributed by atoms with van der Waals surface area (Å²) in [5.74, 6) is 0.735. The fourth-order valence-corrected chi connectivity index (χ4v) is 4.53. The van der Waals surface area contributed by atoms with Crippen LogP contribution in [0.5, 0.6) is 0 Å². The van der Waals surface area contributed by atoms with E-state index in [-0.39, 0.29) is 0 Å². The molecule has 0 amide bonds. The van der Waals surface area contributed by atoms with E-state index < -0.39 is 0 Å². The lowest BCUT2D eigenvalue weighted by Crippen LogP contribution is -2.28. The van der Waals surface area contributed by atoms with Gasteiger partial charge in [-0.25, -0.2) is 9.97 Å². The van der Waals surface area contributed by atoms with Gasteiger partial charge in [-0.2, -0.15) is 0 Å². The molecule has 0 aromatic carbocycles. The summed E-state index contributed by atoms with van der Waals surface area (Å²) in [6.45, 7) is 7.53. The van der Waals surface area contributed by atoms with Crippen LogP contribution >= 0.6 is 11.3 Å². The Kier molecular flexibility index (Phi) is 4.78. The van der Waals surface area contributed by atoms with Crippen molar-refractivity contribution in [3.05, 3.63) is 46.6 Å². The van der Waals surface area contributed by atoms with Crippen molar-refractivity contribution in [1.82, 2.24) is 29.2 Å². The van der Waals surface area contributed by atoms with Crippen molar-refractivity contribution in [3.8, 4) is 0 Å². The van der Waals surface area contributed by atoms with E-state index in [9.17, 15) is 0 Å². The fraction of sp³-hybridized carbons (Fsp3) is 0.500. The molecule has 0 N–H and O–H groups in total. The van der Waals surface area contributed by atoms with Crippen molar-refractivity contribution in [2.45, 2.75) is 26.4 Å². The number of aromatic nitrogens is 4. The Balaban J connectivity index is 1.31. The molecule has 0 spiro atoms. The van der Waals surface area contributed by atoms with Gasteiger partial charge in [-0.05, 0) is 32.9 Å². The molecule has 0 aliphatic carbocycles. The summed E-state index contributed by atoms with van der Waals surface area (Å²) in [6, 6.07) is 0. The molecule has 1 aliphatic rings. The third-order valence-corrected chi connectivity index (χ3v) is 5.90. The monoisotopic (exact) mass is 356 g/mol. The first-order valence-corrected chi connectivity index (χ1v) is 9.63. The summed E-state index contributed by atoms with van der Waals surface area (Å²) in [4.78, 5) is 19.3. The van der Waals surface area contributed by atoms with Crippen LogP contribution in [0.15, 0.2) is 30.3 Å². The van der Waals surface area contributed by atoms with Gasteiger partial charge in [0.15, 0.2) is 5.65 Å². The molecule has 0 unspecified atom stereocenters. The van der Waals surface area contributed by atoms with Crippen LogP contribution < -0.4 is 0 Å². The Labute approximate surface area is 152 Å². The molecular weight excluding hydrogens is 332 g/mol. The minimum atomic E-state index is 0.735. The highest BCUT2D eigenvalue weighted by Crippen LogP contribution is 2.21. The average Bonchev–Trinajstić information content (AvgIpc) is 3.31. The number of thiazole rings is 1. The number of nitrogens with zero attached hydrogens (tertiary/aromatic N) is 6. The minimum absolute atomic E-state index is 0.735. The molecule has 132 valence electrons. The van der Waals surface area contributed by atoms with Crippen LogP contribution in [0.3, 0.4) is 0 Å². The van der Waals surface area contributed by atoms with Crippen LogP contribution in [0.25, 0.3) is 5.65 Å². The summed E-state index contributed by atoms with van der Waals surface area (Å²) in [5, 5.41) is 0. The zero-order valence-electron chi connectivity index (χ0n) is 14.8. The van der Waals surface area contributed by atoms with E-state index in [0.717, 1.165) is 44.3 Å². The first-order chi connectivity index (χ1) is 12.2. The molecule has 25 heavy (non-hydrogen) atoms. The largest absolute Gasteiger partial charge is 0.301 e. The maximum Gasteiger partial charge on any atom is 0.155 e. The van der Waals surface area contributed by atoms with Gasteiger partial charge in [0.1, 0.15) is 0 Å². The topological polar surface area (TPSA) is 49.6 Å². The van der Waals surface area contributed by atoms with E-state index in [2.05, 4.69) is 43.1 Å². The highest BCUT2D eigenvalue weighted by Gasteiger charge is 2.24. The van der Waals surface area contributed by atoms with E-state index in [1.807, 2.05) is 30.3 Å². The number of imidazole rings is 1. The maximum absolute atomic E-state index is 4.44. The molecule has 0 bridgehead atoms. The molecule has 4 rings (SSSR count). The fourth-order valence-electron chi connectivity index (χ4n) is 3.67. The van der Waals surface area contributed by atoms with Gasteiger partial charge in [0, 0.05) is 43.4 Å². The van der Waals surface area contributed by atoms with E-state index >= 15 is 0 Å². The molecule has 6 nitrogen and oxygen atoms in total. The molecule has 3 aromatic rings. The second-order valence-corrected chi connectivity index (χ2v) is 7.94. The van der Waals surface area contributed by atoms with Gasteiger partial charge in [0.05, 0.1) is 29.3 Å².